The summed E-state index contributed by atoms with van der Waals surface area (Å²) in [6.45, 7) is 5.10. The molecule has 1 aromatic heterocycles. The molecule has 7 heteroatoms. The van der Waals surface area contributed by atoms with E-state index in [1.54, 1.807) is 7.05 Å². The van der Waals surface area contributed by atoms with Crippen LogP contribution in [0.15, 0.2) is 9.59 Å². The third-order valence-corrected chi connectivity index (χ3v) is 3.33. The molecule has 0 unspecified atom stereocenters. The maximum atomic E-state index is 12.2. The molecule has 108 valence electrons. The summed E-state index contributed by atoms with van der Waals surface area (Å²) in [6.07, 6.45) is 1.79. The predicted molar refractivity (Wildman–Crippen MR) is 75.5 cm³/mol. The average molecular weight is 269 g/mol. The Labute approximate surface area is 112 Å². The van der Waals surface area contributed by atoms with Gasteiger partial charge in [-0.1, -0.05) is 13.8 Å². The van der Waals surface area contributed by atoms with E-state index in [0.717, 1.165) is 17.4 Å². The first-order chi connectivity index (χ1) is 8.97. The monoisotopic (exact) mass is 269 g/mol. The minimum atomic E-state index is -0.425. The molecule has 7 nitrogen and oxygen atoms in total. The zero-order valence-corrected chi connectivity index (χ0v) is 12.1. The lowest BCUT2D eigenvalue weighted by atomic mass is 10.1. The summed E-state index contributed by atoms with van der Waals surface area (Å²) in [5, 5.41) is 4.11. The average Bonchev–Trinajstić information content (AvgIpc) is 2.41. The second kappa shape index (κ2) is 6.51. The molecule has 1 aromatic rings. The molecule has 1 heterocycles. The second-order valence-electron chi connectivity index (χ2n) is 4.55. The summed E-state index contributed by atoms with van der Waals surface area (Å²) in [6, 6.07) is 0.196. The Morgan fingerprint density at radius 2 is 1.84 bits per heavy atom. The van der Waals surface area contributed by atoms with Crippen LogP contribution in [0.5, 0.6) is 0 Å². The maximum absolute atomic E-state index is 12.2. The largest absolute Gasteiger partial charge is 0.346 e. The highest BCUT2D eigenvalue weighted by molar-refractivity contribution is 5.36. The van der Waals surface area contributed by atoms with Gasteiger partial charge in [-0.05, 0) is 12.8 Å². The number of nitrogens with zero attached hydrogens (tertiary/aromatic N) is 4. The molecule has 0 saturated heterocycles. The summed E-state index contributed by atoms with van der Waals surface area (Å²) >= 11 is 0. The summed E-state index contributed by atoms with van der Waals surface area (Å²) in [5.41, 5.74) is 4.83. The Bertz CT molecular complexity index is 530. The highest BCUT2D eigenvalue weighted by atomic mass is 16.2. The Kier molecular flexibility index (Phi) is 5.29. The van der Waals surface area contributed by atoms with Gasteiger partial charge in [0.25, 0.3) is 5.56 Å². The van der Waals surface area contributed by atoms with E-state index in [0.29, 0.717) is 18.9 Å². The lowest BCUT2D eigenvalue weighted by Crippen LogP contribution is -2.47. The van der Waals surface area contributed by atoms with Crippen LogP contribution in [0.3, 0.4) is 0 Å². The lowest BCUT2D eigenvalue weighted by molar-refractivity contribution is 0.524. The van der Waals surface area contributed by atoms with Gasteiger partial charge in [0.15, 0.2) is 0 Å². The first-order valence-corrected chi connectivity index (χ1v) is 6.58. The van der Waals surface area contributed by atoms with Crippen molar-refractivity contribution in [1.82, 2.24) is 14.3 Å². The lowest BCUT2D eigenvalue weighted by Gasteiger charge is -2.30. The van der Waals surface area contributed by atoms with Gasteiger partial charge in [-0.3, -0.25) is 9.36 Å². The van der Waals surface area contributed by atoms with Crippen LogP contribution in [0.4, 0.5) is 5.82 Å². The third kappa shape index (κ3) is 3.04. The molecule has 0 bridgehead atoms. The van der Waals surface area contributed by atoms with Gasteiger partial charge in [0, 0.05) is 33.2 Å². The Balaban J connectivity index is 3.39. The SMILES string of the molecule is CCC(CC)N(CCN)c1nn(C)c(=O)n(C)c1=O. The van der Waals surface area contributed by atoms with Crippen molar-refractivity contribution in [3.63, 3.8) is 0 Å². The maximum Gasteiger partial charge on any atom is 0.346 e. The second-order valence-corrected chi connectivity index (χ2v) is 4.55. The van der Waals surface area contributed by atoms with Crippen LogP contribution in [0.25, 0.3) is 0 Å². The van der Waals surface area contributed by atoms with Gasteiger partial charge in [-0.25, -0.2) is 9.48 Å². The number of aromatic nitrogens is 3. The highest BCUT2D eigenvalue weighted by Gasteiger charge is 2.21. The minimum Gasteiger partial charge on any atom is -0.346 e. The first-order valence-electron chi connectivity index (χ1n) is 6.58. The zero-order chi connectivity index (χ0) is 14.6. The molecule has 0 fully saturated rings. The van der Waals surface area contributed by atoms with Gasteiger partial charge in [0.2, 0.25) is 5.82 Å². The Morgan fingerprint density at radius 3 is 2.32 bits per heavy atom. The van der Waals surface area contributed by atoms with Gasteiger partial charge in [-0.15, -0.1) is 5.10 Å². The van der Waals surface area contributed by atoms with Gasteiger partial charge >= 0.3 is 5.69 Å². The number of hydrogen-bond donors (Lipinski definition) is 1. The third-order valence-electron chi connectivity index (χ3n) is 3.33. The van der Waals surface area contributed by atoms with Gasteiger partial charge in [0.1, 0.15) is 0 Å². The molecule has 0 atom stereocenters. The molecule has 0 aliphatic heterocycles. The van der Waals surface area contributed by atoms with Crippen molar-refractivity contribution in [2.45, 2.75) is 32.7 Å². The smallest absolute Gasteiger partial charge is 0.346 e. The number of aryl methyl sites for hydroxylation is 1. The molecule has 0 aromatic carbocycles. The van der Waals surface area contributed by atoms with Crippen molar-refractivity contribution in [3.05, 3.63) is 20.8 Å². The molecular formula is C12H23N5O2. The fraction of sp³-hybridized carbons (Fsp3) is 0.750. The van der Waals surface area contributed by atoms with Crippen molar-refractivity contribution in [3.8, 4) is 0 Å². The summed E-state index contributed by atoms with van der Waals surface area (Å²) < 4.78 is 2.26. The molecular weight excluding hydrogens is 246 g/mol. The van der Waals surface area contributed by atoms with Crippen LogP contribution in [-0.2, 0) is 14.1 Å². The number of nitrogens with two attached hydrogens (primary N) is 1. The van der Waals surface area contributed by atoms with Crippen LogP contribution in [0, 0.1) is 0 Å². The predicted octanol–water partition coefficient (Wildman–Crippen LogP) is -0.567. The topological polar surface area (TPSA) is 86.2 Å². The molecule has 0 spiro atoms. The quantitative estimate of drug-likeness (QED) is 0.747. The van der Waals surface area contributed by atoms with E-state index in [-0.39, 0.29) is 11.6 Å². The van der Waals surface area contributed by atoms with E-state index in [1.807, 2.05) is 4.90 Å². The number of hydrogen-bond acceptors (Lipinski definition) is 5. The van der Waals surface area contributed by atoms with E-state index in [2.05, 4.69) is 18.9 Å². The fourth-order valence-electron chi connectivity index (χ4n) is 2.19. The normalized spacial score (nSPS) is 11.1. The standard InChI is InChI=1S/C12H23N5O2/c1-5-9(6-2)17(8-7-13)10-11(18)15(3)12(19)16(4)14-10/h9H,5-8,13H2,1-4H3. The van der Waals surface area contributed by atoms with Crippen molar-refractivity contribution in [2.75, 3.05) is 18.0 Å². The van der Waals surface area contributed by atoms with E-state index in [9.17, 15) is 9.59 Å². The van der Waals surface area contributed by atoms with E-state index >= 15 is 0 Å². The van der Waals surface area contributed by atoms with Gasteiger partial charge in [-0.2, -0.15) is 0 Å². The minimum absolute atomic E-state index is 0.196. The molecule has 0 saturated carbocycles. The van der Waals surface area contributed by atoms with Crippen molar-refractivity contribution in [2.24, 2.45) is 19.8 Å². The van der Waals surface area contributed by atoms with Gasteiger partial charge < -0.3 is 10.6 Å². The first kappa shape index (κ1) is 15.4. The van der Waals surface area contributed by atoms with Crippen molar-refractivity contribution < 1.29 is 0 Å². The molecule has 2 N–H and O–H groups in total. The summed E-state index contributed by atoms with van der Waals surface area (Å²) in [5.74, 6) is 0.295. The zero-order valence-electron chi connectivity index (χ0n) is 12.1. The van der Waals surface area contributed by atoms with Crippen LogP contribution in [0.1, 0.15) is 26.7 Å². The number of anilines is 1. The van der Waals surface area contributed by atoms with Crippen LogP contribution < -0.4 is 21.9 Å². The summed E-state index contributed by atoms with van der Waals surface area (Å²) in [7, 11) is 3.00. The van der Waals surface area contributed by atoms with E-state index in [1.165, 1.54) is 11.7 Å². The van der Waals surface area contributed by atoms with E-state index in [4.69, 9.17) is 5.73 Å². The van der Waals surface area contributed by atoms with Crippen LogP contribution in [0.2, 0.25) is 0 Å². The molecule has 19 heavy (non-hydrogen) atoms. The van der Waals surface area contributed by atoms with Crippen LogP contribution in [-0.4, -0.2) is 33.5 Å². The molecule has 0 amide bonds. The summed E-state index contributed by atoms with van der Waals surface area (Å²) in [4.78, 5) is 25.8. The van der Waals surface area contributed by atoms with E-state index < -0.39 is 5.69 Å². The molecule has 0 aliphatic rings. The molecule has 1 rings (SSSR count). The Hall–Kier alpha value is -1.63. The van der Waals surface area contributed by atoms with Crippen molar-refractivity contribution >= 4 is 5.82 Å². The van der Waals surface area contributed by atoms with Crippen molar-refractivity contribution in [1.29, 1.82) is 0 Å². The highest BCUT2D eigenvalue weighted by Crippen LogP contribution is 2.13. The van der Waals surface area contributed by atoms with Gasteiger partial charge in [0.05, 0.1) is 0 Å². The van der Waals surface area contributed by atoms with Crippen LogP contribution >= 0.6 is 0 Å². The number of rotatable bonds is 6. The fourth-order valence-corrected chi connectivity index (χ4v) is 2.19. The molecule has 0 radical (unpaired) electrons. The Morgan fingerprint density at radius 1 is 1.26 bits per heavy atom. The molecule has 0 aliphatic carbocycles.